The Balaban J connectivity index is 1.75. The lowest BCUT2D eigenvalue weighted by Crippen LogP contribution is -2.25. The topological polar surface area (TPSA) is 82.6 Å². The average molecular weight is 410 g/mol. The molecule has 8 nitrogen and oxygen atoms in total. The monoisotopic (exact) mass is 410 g/mol. The maximum atomic E-state index is 12.5. The summed E-state index contributed by atoms with van der Waals surface area (Å²) in [5.41, 5.74) is 0.202. The van der Waals surface area contributed by atoms with E-state index in [0.717, 1.165) is 32.0 Å². The summed E-state index contributed by atoms with van der Waals surface area (Å²) in [6.45, 7) is 1.74. The van der Waals surface area contributed by atoms with Gasteiger partial charge in [-0.15, -0.1) is 13.2 Å². The molecule has 0 radical (unpaired) electrons. The smallest absolute Gasteiger partial charge is 0.404 e. The number of aromatic nitrogens is 2. The number of alkyl halides is 3. The van der Waals surface area contributed by atoms with Gasteiger partial charge in [-0.25, -0.2) is 9.78 Å². The standard InChI is InChI=1S/C18H21F3N6O2/c1-26(2)15-13(11-22-16(25-15)27-9-5-6-10-27)24-17(28)23-12-7-3-4-8-14(12)29-18(19,20)21/h3-4,7-8,11H,5-6,9-10H2,1-2H3,(H2,23,24,28). The number of para-hydroxylation sites is 2. The maximum absolute atomic E-state index is 12.5. The highest BCUT2D eigenvalue weighted by Crippen LogP contribution is 2.30. The second-order valence-electron chi connectivity index (χ2n) is 6.62. The van der Waals surface area contributed by atoms with E-state index in [0.29, 0.717) is 17.5 Å². The molecule has 1 aromatic heterocycles. The molecule has 1 saturated heterocycles. The predicted octanol–water partition coefficient (Wildman–Crippen LogP) is 3.69. The number of hydrogen-bond acceptors (Lipinski definition) is 6. The van der Waals surface area contributed by atoms with Crippen molar-refractivity contribution in [3.05, 3.63) is 30.5 Å². The van der Waals surface area contributed by atoms with Crippen LogP contribution in [0.1, 0.15) is 12.8 Å². The molecule has 156 valence electrons. The molecule has 0 atom stereocenters. The van der Waals surface area contributed by atoms with Crippen LogP contribution in [-0.2, 0) is 0 Å². The molecule has 1 aliphatic heterocycles. The van der Waals surface area contributed by atoms with E-state index in [9.17, 15) is 18.0 Å². The molecule has 0 spiro atoms. The molecular formula is C18H21F3N6O2. The number of nitrogens with one attached hydrogen (secondary N) is 2. The summed E-state index contributed by atoms with van der Waals surface area (Å²) in [4.78, 5) is 25.0. The van der Waals surface area contributed by atoms with Crippen LogP contribution in [0.5, 0.6) is 5.75 Å². The fourth-order valence-electron chi connectivity index (χ4n) is 2.92. The molecule has 1 aliphatic rings. The Morgan fingerprint density at radius 2 is 1.79 bits per heavy atom. The number of ether oxygens (including phenoxy) is 1. The number of urea groups is 1. The molecule has 3 rings (SSSR count). The largest absolute Gasteiger partial charge is 0.573 e. The van der Waals surface area contributed by atoms with Gasteiger partial charge in [0.15, 0.2) is 11.6 Å². The van der Waals surface area contributed by atoms with Gasteiger partial charge in [-0.2, -0.15) is 4.98 Å². The lowest BCUT2D eigenvalue weighted by Gasteiger charge is -2.21. The average Bonchev–Trinajstić information content (AvgIpc) is 3.17. The van der Waals surface area contributed by atoms with Gasteiger partial charge in [0.05, 0.1) is 11.9 Å². The summed E-state index contributed by atoms with van der Waals surface area (Å²) in [6.07, 6.45) is -1.25. The molecule has 0 unspecified atom stereocenters. The number of rotatable bonds is 5. The maximum Gasteiger partial charge on any atom is 0.573 e. The van der Waals surface area contributed by atoms with Crippen molar-refractivity contribution in [3.63, 3.8) is 0 Å². The molecule has 11 heteroatoms. The van der Waals surface area contributed by atoms with Crippen LogP contribution in [0, 0.1) is 0 Å². The number of carbonyl (C=O) groups excluding carboxylic acids is 1. The fraction of sp³-hybridized carbons (Fsp3) is 0.389. The van der Waals surface area contributed by atoms with Crippen LogP contribution in [0.4, 0.5) is 41.1 Å². The van der Waals surface area contributed by atoms with Crippen molar-refractivity contribution in [2.24, 2.45) is 0 Å². The first-order valence-corrected chi connectivity index (χ1v) is 8.95. The van der Waals surface area contributed by atoms with Crippen LogP contribution in [0.2, 0.25) is 0 Å². The van der Waals surface area contributed by atoms with Crippen molar-refractivity contribution in [1.29, 1.82) is 0 Å². The summed E-state index contributed by atoms with van der Waals surface area (Å²) < 4.78 is 41.5. The fourth-order valence-corrected chi connectivity index (χ4v) is 2.92. The van der Waals surface area contributed by atoms with Crippen molar-refractivity contribution in [2.75, 3.05) is 47.6 Å². The van der Waals surface area contributed by atoms with E-state index in [2.05, 4.69) is 30.2 Å². The number of hydrogen-bond donors (Lipinski definition) is 2. The number of anilines is 4. The Morgan fingerprint density at radius 1 is 1.14 bits per heavy atom. The molecule has 0 aliphatic carbocycles. The lowest BCUT2D eigenvalue weighted by atomic mass is 10.3. The highest BCUT2D eigenvalue weighted by atomic mass is 19.4. The van der Waals surface area contributed by atoms with Gasteiger partial charge in [-0.05, 0) is 25.0 Å². The van der Waals surface area contributed by atoms with E-state index >= 15 is 0 Å². The van der Waals surface area contributed by atoms with Crippen LogP contribution in [0.3, 0.4) is 0 Å². The summed E-state index contributed by atoms with van der Waals surface area (Å²) >= 11 is 0. The van der Waals surface area contributed by atoms with Crippen molar-refractivity contribution in [3.8, 4) is 5.75 Å². The summed E-state index contributed by atoms with van der Waals surface area (Å²) in [7, 11) is 3.54. The van der Waals surface area contributed by atoms with E-state index in [1.807, 2.05) is 0 Å². The Hall–Kier alpha value is -3.24. The van der Waals surface area contributed by atoms with Crippen molar-refractivity contribution in [1.82, 2.24) is 9.97 Å². The molecule has 29 heavy (non-hydrogen) atoms. The van der Waals surface area contributed by atoms with E-state index in [1.54, 1.807) is 19.0 Å². The summed E-state index contributed by atoms with van der Waals surface area (Å²) in [6, 6.07) is 4.53. The summed E-state index contributed by atoms with van der Waals surface area (Å²) in [5, 5.41) is 4.93. The van der Waals surface area contributed by atoms with Crippen molar-refractivity contribution >= 4 is 29.2 Å². The zero-order valence-corrected chi connectivity index (χ0v) is 16.0. The molecule has 0 saturated carbocycles. The van der Waals surface area contributed by atoms with Gasteiger partial charge in [-0.1, -0.05) is 12.1 Å². The number of amides is 2. The molecule has 1 fully saturated rings. The van der Waals surface area contributed by atoms with Gasteiger partial charge < -0.3 is 25.2 Å². The van der Waals surface area contributed by atoms with Crippen LogP contribution in [0.25, 0.3) is 0 Å². The van der Waals surface area contributed by atoms with Gasteiger partial charge in [-0.3, -0.25) is 0 Å². The van der Waals surface area contributed by atoms with Crippen molar-refractivity contribution < 1.29 is 22.7 Å². The minimum Gasteiger partial charge on any atom is -0.404 e. The van der Waals surface area contributed by atoms with Crippen LogP contribution in [-0.4, -0.2) is 49.5 Å². The van der Waals surface area contributed by atoms with Crippen LogP contribution in [0.15, 0.2) is 30.5 Å². The number of nitrogens with zero attached hydrogens (tertiary/aromatic N) is 4. The zero-order valence-electron chi connectivity index (χ0n) is 16.0. The Morgan fingerprint density at radius 3 is 2.45 bits per heavy atom. The Bertz CT molecular complexity index is 869. The van der Waals surface area contributed by atoms with E-state index < -0.39 is 18.1 Å². The lowest BCUT2D eigenvalue weighted by molar-refractivity contribution is -0.274. The second-order valence-corrected chi connectivity index (χ2v) is 6.62. The molecule has 2 amide bonds. The number of benzene rings is 1. The van der Waals surface area contributed by atoms with E-state index in [1.165, 1.54) is 24.4 Å². The first-order valence-electron chi connectivity index (χ1n) is 8.95. The SMILES string of the molecule is CN(C)c1nc(N2CCCC2)ncc1NC(=O)Nc1ccccc1OC(F)(F)F. The number of halogens is 3. The first-order chi connectivity index (χ1) is 13.7. The van der Waals surface area contributed by atoms with Gasteiger partial charge in [0, 0.05) is 27.2 Å². The minimum atomic E-state index is -4.87. The Labute approximate surface area is 165 Å². The van der Waals surface area contributed by atoms with Crippen LogP contribution >= 0.6 is 0 Å². The Kier molecular flexibility index (Phi) is 5.95. The van der Waals surface area contributed by atoms with Gasteiger partial charge in [0.1, 0.15) is 5.69 Å². The minimum absolute atomic E-state index is 0.122. The second kappa shape index (κ2) is 8.41. The van der Waals surface area contributed by atoms with E-state index in [-0.39, 0.29) is 5.69 Å². The first kappa shape index (κ1) is 20.5. The molecule has 2 aromatic rings. The highest BCUT2D eigenvalue weighted by molar-refractivity contribution is 6.02. The summed E-state index contributed by atoms with van der Waals surface area (Å²) in [5.74, 6) is 0.543. The van der Waals surface area contributed by atoms with Gasteiger partial charge >= 0.3 is 12.4 Å². The molecule has 2 N–H and O–H groups in total. The molecule has 0 bridgehead atoms. The third-order valence-corrected chi connectivity index (χ3v) is 4.18. The van der Waals surface area contributed by atoms with Gasteiger partial charge in [0.2, 0.25) is 5.95 Å². The molecule has 2 heterocycles. The number of carbonyl (C=O) groups is 1. The molecular weight excluding hydrogens is 389 g/mol. The third kappa shape index (κ3) is 5.39. The van der Waals surface area contributed by atoms with Gasteiger partial charge in [0.25, 0.3) is 0 Å². The third-order valence-electron chi connectivity index (χ3n) is 4.18. The van der Waals surface area contributed by atoms with E-state index in [4.69, 9.17) is 0 Å². The van der Waals surface area contributed by atoms with Crippen LogP contribution < -0.4 is 25.2 Å². The highest BCUT2D eigenvalue weighted by Gasteiger charge is 2.32. The predicted molar refractivity (Wildman–Crippen MR) is 104 cm³/mol. The quantitative estimate of drug-likeness (QED) is 0.783. The zero-order chi connectivity index (χ0) is 21.0. The normalized spacial score (nSPS) is 13.9. The van der Waals surface area contributed by atoms with Crippen molar-refractivity contribution in [2.45, 2.75) is 19.2 Å². The molecule has 1 aromatic carbocycles.